The molecule has 1 aromatic heterocycles. The summed E-state index contributed by atoms with van der Waals surface area (Å²) in [5.74, 6) is 0.134. The van der Waals surface area contributed by atoms with E-state index in [4.69, 9.17) is 9.47 Å². The summed E-state index contributed by atoms with van der Waals surface area (Å²) in [4.78, 5) is 6.25. The number of rotatable bonds is 7. The van der Waals surface area contributed by atoms with Crippen molar-refractivity contribution in [2.45, 2.75) is 31.3 Å². The van der Waals surface area contributed by atoms with E-state index in [1.807, 2.05) is 13.8 Å². The molecule has 1 aliphatic heterocycles. The van der Waals surface area contributed by atoms with Crippen LogP contribution in [0.1, 0.15) is 20.8 Å². The van der Waals surface area contributed by atoms with Crippen LogP contribution < -0.4 is 9.46 Å². The van der Waals surface area contributed by atoms with Crippen molar-refractivity contribution in [2.75, 3.05) is 39.4 Å². The molecule has 0 radical (unpaired) electrons. The quantitative estimate of drug-likeness (QED) is 0.791. The molecule has 2 heterocycles. The average molecular weight is 343 g/mol. The summed E-state index contributed by atoms with van der Waals surface area (Å²) in [6.45, 7) is 9.45. The van der Waals surface area contributed by atoms with Crippen LogP contribution in [0.25, 0.3) is 0 Å². The van der Waals surface area contributed by atoms with E-state index in [1.54, 1.807) is 13.0 Å². The smallest absolute Gasteiger partial charge is 0.245 e. The number of hydrogen-bond acceptors (Lipinski definition) is 6. The minimum Gasteiger partial charge on any atom is -0.477 e. The molecule has 0 amide bonds. The first kappa shape index (κ1) is 18.1. The molecular weight excluding hydrogens is 318 g/mol. The van der Waals surface area contributed by atoms with Gasteiger partial charge in [-0.05, 0) is 32.9 Å². The van der Waals surface area contributed by atoms with Crippen LogP contribution in [0.5, 0.6) is 5.88 Å². The van der Waals surface area contributed by atoms with Crippen LogP contribution >= 0.6 is 0 Å². The molecule has 130 valence electrons. The Kier molecular flexibility index (Phi) is 5.96. The Morgan fingerprint density at radius 3 is 2.96 bits per heavy atom. The molecule has 8 heteroatoms. The first-order valence-corrected chi connectivity index (χ1v) is 9.26. The fourth-order valence-electron chi connectivity index (χ4n) is 2.55. The summed E-state index contributed by atoms with van der Waals surface area (Å²) in [5.41, 5.74) is -0.192. The van der Waals surface area contributed by atoms with Crippen molar-refractivity contribution in [2.24, 2.45) is 0 Å². The molecule has 0 saturated carbocycles. The van der Waals surface area contributed by atoms with Crippen molar-refractivity contribution in [1.82, 2.24) is 14.6 Å². The van der Waals surface area contributed by atoms with Crippen molar-refractivity contribution in [3.05, 3.63) is 18.3 Å². The summed E-state index contributed by atoms with van der Waals surface area (Å²) < 4.78 is 38.4. The number of nitrogens with zero attached hydrogens (tertiary/aromatic N) is 2. The third-order valence-corrected chi connectivity index (χ3v) is 5.01. The fourth-order valence-corrected chi connectivity index (χ4v) is 3.66. The lowest BCUT2D eigenvalue weighted by atomic mass is 10.1. The first-order valence-electron chi connectivity index (χ1n) is 7.78. The standard InChI is InChI=1S/C15H25N3O4S/c1-4-21-14-13(6-5-7-16-14)23(19,20)17-8-9-18-10-11-22-15(2,3)12-18/h5-7,17H,4,8-12H2,1-3H3. The lowest BCUT2D eigenvalue weighted by molar-refractivity contribution is -0.0851. The van der Waals surface area contributed by atoms with Gasteiger partial charge in [0.1, 0.15) is 4.90 Å². The monoisotopic (exact) mass is 343 g/mol. The van der Waals surface area contributed by atoms with E-state index in [0.29, 0.717) is 26.3 Å². The van der Waals surface area contributed by atoms with E-state index < -0.39 is 10.0 Å². The maximum Gasteiger partial charge on any atom is 0.245 e. The predicted octanol–water partition coefficient (Wildman–Crippen LogP) is 0.869. The number of hydrogen-bond donors (Lipinski definition) is 1. The van der Waals surface area contributed by atoms with Crippen LogP contribution in [0.2, 0.25) is 0 Å². The molecule has 0 atom stereocenters. The highest BCUT2D eigenvalue weighted by Gasteiger charge is 2.27. The number of ether oxygens (including phenoxy) is 2. The fraction of sp³-hybridized carbons (Fsp3) is 0.667. The number of sulfonamides is 1. The zero-order valence-corrected chi connectivity index (χ0v) is 14.7. The molecule has 23 heavy (non-hydrogen) atoms. The molecule has 1 saturated heterocycles. The van der Waals surface area contributed by atoms with Crippen molar-refractivity contribution in [1.29, 1.82) is 0 Å². The number of morpholine rings is 1. The molecule has 0 bridgehead atoms. The Balaban J connectivity index is 1.94. The third-order valence-electron chi connectivity index (χ3n) is 3.53. The maximum absolute atomic E-state index is 12.4. The lowest BCUT2D eigenvalue weighted by Gasteiger charge is -2.38. The van der Waals surface area contributed by atoms with Gasteiger partial charge in [0.05, 0.1) is 18.8 Å². The molecule has 1 N–H and O–H groups in total. The van der Waals surface area contributed by atoms with E-state index in [9.17, 15) is 8.42 Å². The van der Waals surface area contributed by atoms with Gasteiger partial charge in [-0.1, -0.05) is 0 Å². The molecule has 1 aliphatic rings. The highest BCUT2D eigenvalue weighted by molar-refractivity contribution is 7.89. The minimum absolute atomic E-state index is 0.0733. The van der Waals surface area contributed by atoms with E-state index in [2.05, 4.69) is 14.6 Å². The van der Waals surface area contributed by atoms with Crippen LogP contribution in [0.3, 0.4) is 0 Å². The zero-order chi connectivity index (χ0) is 16.9. The summed E-state index contributed by atoms with van der Waals surface area (Å²) in [6.07, 6.45) is 1.51. The zero-order valence-electron chi connectivity index (χ0n) is 13.9. The molecule has 1 fully saturated rings. The molecular formula is C15H25N3O4S. The van der Waals surface area contributed by atoms with Gasteiger partial charge in [0.2, 0.25) is 15.9 Å². The molecule has 0 aromatic carbocycles. The van der Waals surface area contributed by atoms with Gasteiger partial charge in [0, 0.05) is 32.4 Å². The second kappa shape index (κ2) is 7.57. The first-order chi connectivity index (χ1) is 10.8. The largest absolute Gasteiger partial charge is 0.477 e. The van der Waals surface area contributed by atoms with Crippen molar-refractivity contribution in [3.8, 4) is 5.88 Å². The highest BCUT2D eigenvalue weighted by Crippen LogP contribution is 2.20. The normalized spacial score (nSPS) is 18.7. The molecule has 2 rings (SSSR count). The third kappa shape index (κ3) is 5.13. The molecule has 0 spiro atoms. The minimum atomic E-state index is -3.64. The number of pyridine rings is 1. The molecule has 1 aromatic rings. The van der Waals surface area contributed by atoms with Crippen molar-refractivity contribution in [3.63, 3.8) is 0 Å². The summed E-state index contributed by atoms with van der Waals surface area (Å²) >= 11 is 0. The Bertz CT molecular complexity index is 619. The predicted molar refractivity (Wildman–Crippen MR) is 87.1 cm³/mol. The van der Waals surface area contributed by atoms with E-state index in [0.717, 1.165) is 13.1 Å². The van der Waals surface area contributed by atoms with E-state index in [-0.39, 0.29) is 16.4 Å². The van der Waals surface area contributed by atoms with Gasteiger partial charge in [-0.2, -0.15) is 0 Å². The Hall–Kier alpha value is -1.22. The van der Waals surface area contributed by atoms with Crippen LogP contribution in [0.4, 0.5) is 0 Å². The van der Waals surface area contributed by atoms with Gasteiger partial charge in [-0.25, -0.2) is 18.1 Å². The average Bonchev–Trinajstić information content (AvgIpc) is 2.47. The summed E-state index contributed by atoms with van der Waals surface area (Å²) in [7, 11) is -3.64. The van der Waals surface area contributed by atoms with Crippen molar-refractivity contribution < 1.29 is 17.9 Å². The molecule has 7 nitrogen and oxygen atoms in total. The SMILES string of the molecule is CCOc1ncccc1S(=O)(=O)NCCN1CCOC(C)(C)C1. The van der Waals surface area contributed by atoms with Crippen LogP contribution in [-0.4, -0.2) is 63.3 Å². The molecule has 0 unspecified atom stereocenters. The van der Waals surface area contributed by atoms with Gasteiger partial charge in [-0.15, -0.1) is 0 Å². The van der Waals surface area contributed by atoms with Gasteiger partial charge in [0.25, 0.3) is 0 Å². The van der Waals surface area contributed by atoms with Gasteiger partial charge in [0.15, 0.2) is 0 Å². The Morgan fingerprint density at radius 1 is 1.48 bits per heavy atom. The van der Waals surface area contributed by atoms with E-state index >= 15 is 0 Å². The second-order valence-electron chi connectivity index (χ2n) is 6.02. The second-order valence-corrected chi connectivity index (χ2v) is 7.76. The highest BCUT2D eigenvalue weighted by atomic mass is 32.2. The van der Waals surface area contributed by atoms with Gasteiger partial charge >= 0.3 is 0 Å². The van der Waals surface area contributed by atoms with Gasteiger partial charge in [-0.3, -0.25) is 4.90 Å². The van der Waals surface area contributed by atoms with Gasteiger partial charge < -0.3 is 9.47 Å². The molecule has 0 aliphatic carbocycles. The Labute approximate surface area is 138 Å². The summed E-state index contributed by atoms with van der Waals surface area (Å²) in [5, 5.41) is 0. The van der Waals surface area contributed by atoms with Crippen LogP contribution in [-0.2, 0) is 14.8 Å². The Morgan fingerprint density at radius 2 is 2.26 bits per heavy atom. The number of aromatic nitrogens is 1. The lowest BCUT2D eigenvalue weighted by Crippen LogP contribution is -2.50. The van der Waals surface area contributed by atoms with Crippen molar-refractivity contribution >= 4 is 10.0 Å². The van der Waals surface area contributed by atoms with Crippen LogP contribution in [0, 0.1) is 0 Å². The summed E-state index contributed by atoms with van der Waals surface area (Å²) in [6, 6.07) is 3.08. The number of nitrogens with one attached hydrogen (secondary N) is 1. The van der Waals surface area contributed by atoms with Crippen LogP contribution in [0.15, 0.2) is 23.2 Å². The van der Waals surface area contributed by atoms with E-state index in [1.165, 1.54) is 12.3 Å². The maximum atomic E-state index is 12.4. The topological polar surface area (TPSA) is 80.8 Å².